The average Bonchev–Trinajstić information content (AvgIpc) is 2.88. The highest BCUT2D eigenvalue weighted by Crippen LogP contribution is 2.20. The zero-order valence-electron chi connectivity index (χ0n) is 11.4. The first-order valence-corrected chi connectivity index (χ1v) is 6.80. The molecule has 0 radical (unpaired) electrons. The third kappa shape index (κ3) is 4.31. The van der Waals surface area contributed by atoms with E-state index in [1.807, 2.05) is 35.1 Å². The van der Waals surface area contributed by atoms with E-state index in [0.29, 0.717) is 5.02 Å². The van der Waals surface area contributed by atoms with E-state index < -0.39 is 0 Å². The van der Waals surface area contributed by atoms with Crippen molar-refractivity contribution in [2.45, 2.75) is 6.54 Å². The molecule has 0 aliphatic carbocycles. The Morgan fingerprint density at radius 1 is 1.14 bits per heavy atom. The van der Waals surface area contributed by atoms with Crippen LogP contribution in [0.5, 0.6) is 0 Å². The molecule has 2 heterocycles. The highest BCUT2D eigenvalue weighted by molar-refractivity contribution is 6.32. The number of rotatable bonds is 3. The maximum absolute atomic E-state index is 6.22. The summed E-state index contributed by atoms with van der Waals surface area (Å²) in [5.74, 6) is 0. The SMILES string of the molecule is Cl.Cl.Clc1ccccc1-n1nncc1CN1CCNCC1. The standard InChI is InChI=1S/C13H16ClN5.2ClH/c14-12-3-1-2-4-13(12)19-11(9-16-17-19)10-18-7-5-15-6-8-18;;/h1-4,9,15H,5-8,10H2;2*1H. The van der Waals surface area contributed by atoms with Gasteiger partial charge in [0.2, 0.25) is 0 Å². The fourth-order valence-electron chi connectivity index (χ4n) is 2.29. The molecule has 1 aromatic carbocycles. The molecule has 5 nitrogen and oxygen atoms in total. The van der Waals surface area contributed by atoms with Crippen molar-refractivity contribution in [2.75, 3.05) is 26.2 Å². The monoisotopic (exact) mass is 349 g/mol. The summed E-state index contributed by atoms with van der Waals surface area (Å²) in [7, 11) is 0. The second-order valence-corrected chi connectivity index (χ2v) is 5.02. The van der Waals surface area contributed by atoms with Crippen molar-refractivity contribution in [3.8, 4) is 5.69 Å². The van der Waals surface area contributed by atoms with Crippen LogP contribution in [0.3, 0.4) is 0 Å². The van der Waals surface area contributed by atoms with Gasteiger partial charge in [0.05, 0.1) is 22.6 Å². The zero-order chi connectivity index (χ0) is 13.1. The quantitative estimate of drug-likeness (QED) is 0.921. The molecule has 2 aromatic rings. The number of hydrogen-bond acceptors (Lipinski definition) is 4. The van der Waals surface area contributed by atoms with Crippen LogP contribution in [0.2, 0.25) is 5.02 Å². The van der Waals surface area contributed by atoms with Gasteiger partial charge in [0.25, 0.3) is 0 Å². The number of nitrogens with one attached hydrogen (secondary N) is 1. The molecule has 0 unspecified atom stereocenters. The van der Waals surface area contributed by atoms with E-state index in [1.54, 1.807) is 0 Å². The Morgan fingerprint density at radius 2 is 1.86 bits per heavy atom. The molecular formula is C13H18Cl3N5. The topological polar surface area (TPSA) is 46.0 Å². The van der Waals surface area contributed by atoms with E-state index in [4.69, 9.17) is 11.6 Å². The third-order valence-electron chi connectivity index (χ3n) is 3.30. The smallest absolute Gasteiger partial charge is 0.0853 e. The van der Waals surface area contributed by atoms with Crippen LogP contribution in [-0.2, 0) is 6.54 Å². The Balaban J connectivity index is 0.00000110. The van der Waals surface area contributed by atoms with Gasteiger partial charge in [0, 0.05) is 32.7 Å². The van der Waals surface area contributed by atoms with Gasteiger partial charge in [-0.2, -0.15) is 0 Å². The Morgan fingerprint density at radius 3 is 2.57 bits per heavy atom. The summed E-state index contributed by atoms with van der Waals surface area (Å²) in [5.41, 5.74) is 1.95. The molecule has 0 spiro atoms. The van der Waals surface area contributed by atoms with Crippen molar-refractivity contribution in [1.82, 2.24) is 25.2 Å². The van der Waals surface area contributed by atoms with Crippen LogP contribution in [0, 0.1) is 0 Å². The number of para-hydroxylation sites is 1. The van der Waals surface area contributed by atoms with Gasteiger partial charge in [0.15, 0.2) is 0 Å². The molecule has 116 valence electrons. The molecule has 1 aliphatic rings. The van der Waals surface area contributed by atoms with Crippen molar-refractivity contribution in [1.29, 1.82) is 0 Å². The highest BCUT2D eigenvalue weighted by Gasteiger charge is 2.15. The van der Waals surface area contributed by atoms with Gasteiger partial charge in [-0.05, 0) is 12.1 Å². The Labute approximate surface area is 141 Å². The van der Waals surface area contributed by atoms with E-state index in [0.717, 1.165) is 44.1 Å². The summed E-state index contributed by atoms with van der Waals surface area (Å²) >= 11 is 6.22. The Kier molecular flexibility index (Phi) is 7.42. The lowest BCUT2D eigenvalue weighted by Gasteiger charge is -2.27. The van der Waals surface area contributed by atoms with Gasteiger partial charge in [-0.3, -0.25) is 4.90 Å². The Hall–Kier alpha value is -0.850. The van der Waals surface area contributed by atoms with Crippen LogP contribution in [0.4, 0.5) is 0 Å². The average molecular weight is 351 g/mol. The maximum Gasteiger partial charge on any atom is 0.0853 e. The minimum absolute atomic E-state index is 0. The largest absolute Gasteiger partial charge is 0.314 e. The van der Waals surface area contributed by atoms with Crippen molar-refractivity contribution in [2.24, 2.45) is 0 Å². The number of piperazine rings is 1. The van der Waals surface area contributed by atoms with E-state index in [9.17, 15) is 0 Å². The summed E-state index contributed by atoms with van der Waals surface area (Å²) in [6.45, 7) is 5.02. The van der Waals surface area contributed by atoms with Gasteiger partial charge >= 0.3 is 0 Å². The molecule has 21 heavy (non-hydrogen) atoms. The summed E-state index contributed by atoms with van der Waals surface area (Å²) in [6, 6.07) is 7.70. The predicted molar refractivity (Wildman–Crippen MR) is 89.0 cm³/mol. The summed E-state index contributed by atoms with van der Waals surface area (Å²) in [4.78, 5) is 2.39. The zero-order valence-corrected chi connectivity index (χ0v) is 13.8. The van der Waals surface area contributed by atoms with Crippen molar-refractivity contribution in [3.63, 3.8) is 0 Å². The summed E-state index contributed by atoms with van der Waals surface area (Å²) < 4.78 is 1.82. The number of hydrogen-bond donors (Lipinski definition) is 1. The summed E-state index contributed by atoms with van der Waals surface area (Å²) in [5, 5.41) is 12.2. The summed E-state index contributed by atoms with van der Waals surface area (Å²) in [6.07, 6.45) is 1.81. The molecule has 0 saturated carbocycles. The number of aromatic nitrogens is 3. The molecule has 0 bridgehead atoms. The van der Waals surface area contributed by atoms with Crippen molar-refractivity contribution >= 4 is 36.4 Å². The fraction of sp³-hybridized carbons (Fsp3) is 0.385. The molecular weight excluding hydrogens is 333 g/mol. The lowest BCUT2D eigenvalue weighted by Crippen LogP contribution is -2.43. The van der Waals surface area contributed by atoms with Gasteiger partial charge in [-0.1, -0.05) is 28.9 Å². The van der Waals surface area contributed by atoms with E-state index >= 15 is 0 Å². The second kappa shape index (κ2) is 8.56. The van der Waals surface area contributed by atoms with Gasteiger partial charge in [0.1, 0.15) is 0 Å². The highest BCUT2D eigenvalue weighted by atomic mass is 35.5. The molecule has 8 heteroatoms. The number of nitrogens with zero attached hydrogens (tertiary/aromatic N) is 4. The molecule has 3 rings (SSSR count). The normalized spacial score (nSPS) is 15.1. The lowest BCUT2D eigenvalue weighted by molar-refractivity contribution is 0.229. The van der Waals surface area contributed by atoms with Gasteiger partial charge < -0.3 is 5.32 Å². The molecule has 1 saturated heterocycles. The van der Waals surface area contributed by atoms with Crippen molar-refractivity contribution in [3.05, 3.63) is 41.2 Å². The molecule has 1 N–H and O–H groups in total. The van der Waals surface area contributed by atoms with Crippen LogP contribution in [-0.4, -0.2) is 46.1 Å². The van der Waals surface area contributed by atoms with Crippen LogP contribution in [0.1, 0.15) is 5.69 Å². The number of halogens is 3. The molecule has 0 atom stereocenters. The molecule has 0 amide bonds. The fourth-order valence-corrected chi connectivity index (χ4v) is 2.50. The first-order chi connectivity index (χ1) is 9.34. The first kappa shape index (κ1) is 18.2. The van der Waals surface area contributed by atoms with Crippen molar-refractivity contribution < 1.29 is 0 Å². The second-order valence-electron chi connectivity index (χ2n) is 4.61. The van der Waals surface area contributed by atoms with E-state index in [2.05, 4.69) is 20.5 Å². The molecule has 1 fully saturated rings. The van der Waals surface area contributed by atoms with E-state index in [1.165, 1.54) is 0 Å². The van der Waals surface area contributed by atoms with Crippen LogP contribution in [0.15, 0.2) is 30.5 Å². The van der Waals surface area contributed by atoms with Gasteiger partial charge in [-0.15, -0.1) is 29.9 Å². The third-order valence-corrected chi connectivity index (χ3v) is 3.62. The first-order valence-electron chi connectivity index (χ1n) is 6.42. The van der Waals surface area contributed by atoms with E-state index in [-0.39, 0.29) is 24.8 Å². The van der Waals surface area contributed by atoms with Gasteiger partial charge in [-0.25, -0.2) is 4.68 Å². The molecule has 1 aliphatic heterocycles. The number of benzene rings is 1. The van der Waals surface area contributed by atoms with Crippen LogP contribution in [0.25, 0.3) is 5.69 Å². The molecule has 1 aromatic heterocycles. The van der Waals surface area contributed by atoms with Crippen LogP contribution >= 0.6 is 36.4 Å². The minimum Gasteiger partial charge on any atom is -0.314 e. The lowest BCUT2D eigenvalue weighted by atomic mass is 10.3. The Bertz CT molecular complexity index is 554. The minimum atomic E-state index is 0. The predicted octanol–water partition coefficient (Wildman–Crippen LogP) is 2.17. The maximum atomic E-state index is 6.22. The van der Waals surface area contributed by atoms with Crippen LogP contribution < -0.4 is 5.32 Å².